The van der Waals surface area contributed by atoms with Gasteiger partial charge in [0.25, 0.3) is 0 Å². The standard InChI is InChI=1S/C7H7NOS.C3H3NO/c9-10-7-4-2-1-3-6(7)5-8-10;1-2-4-5-3-1/h1-4,8H,5H2;1-3H. The van der Waals surface area contributed by atoms with Crippen molar-refractivity contribution in [1.82, 2.24) is 9.88 Å². The molecule has 2 aromatic rings. The van der Waals surface area contributed by atoms with Gasteiger partial charge in [0, 0.05) is 5.56 Å². The van der Waals surface area contributed by atoms with E-state index in [9.17, 15) is 4.55 Å². The molecule has 78 valence electrons. The first-order chi connectivity index (χ1) is 7.38. The molecule has 5 heteroatoms. The van der Waals surface area contributed by atoms with Crippen LogP contribution < -0.4 is 4.72 Å². The lowest BCUT2D eigenvalue weighted by Crippen LogP contribution is -2.13. The minimum absolute atomic E-state index is 0.739. The van der Waals surface area contributed by atoms with Crippen molar-refractivity contribution in [3.63, 3.8) is 0 Å². The zero-order valence-corrected chi connectivity index (χ0v) is 8.74. The van der Waals surface area contributed by atoms with E-state index in [0.29, 0.717) is 0 Å². The topological polar surface area (TPSA) is 61.1 Å². The highest BCUT2D eigenvalue weighted by Crippen LogP contribution is 2.20. The van der Waals surface area contributed by atoms with Crippen LogP contribution in [0.1, 0.15) is 5.56 Å². The van der Waals surface area contributed by atoms with E-state index in [1.54, 1.807) is 12.3 Å². The monoisotopic (exact) mass is 222 g/mol. The summed E-state index contributed by atoms with van der Waals surface area (Å²) in [5.74, 6) is 0. The van der Waals surface area contributed by atoms with Crippen molar-refractivity contribution in [1.29, 1.82) is 0 Å². The van der Waals surface area contributed by atoms with Crippen molar-refractivity contribution in [2.75, 3.05) is 0 Å². The Morgan fingerprint density at radius 2 is 2.20 bits per heavy atom. The molecule has 3 rings (SSSR count). The third-order valence-corrected chi connectivity index (χ3v) is 3.12. The molecule has 1 aliphatic heterocycles. The van der Waals surface area contributed by atoms with E-state index in [1.165, 1.54) is 6.26 Å². The Bertz CT molecular complexity index is 388. The number of nitrogens with zero attached hydrogens (tertiary/aromatic N) is 1. The number of fused-ring (bicyclic) bond motifs is 1. The summed E-state index contributed by atoms with van der Waals surface area (Å²) in [4.78, 5) is 0.933. The first-order valence-electron chi connectivity index (χ1n) is 4.45. The molecule has 1 unspecified atom stereocenters. The number of aromatic nitrogens is 1. The summed E-state index contributed by atoms with van der Waals surface area (Å²) in [5.41, 5.74) is 1.15. The number of hydrogen-bond donors (Lipinski definition) is 1. The van der Waals surface area contributed by atoms with Crippen molar-refractivity contribution in [2.24, 2.45) is 0 Å². The molecule has 0 aliphatic carbocycles. The van der Waals surface area contributed by atoms with E-state index in [2.05, 4.69) is 14.4 Å². The van der Waals surface area contributed by atoms with Gasteiger partial charge < -0.3 is 9.08 Å². The highest BCUT2D eigenvalue weighted by Gasteiger charge is 2.22. The number of nitrogens with one attached hydrogen (secondary N) is 1. The lowest BCUT2D eigenvalue weighted by molar-refractivity contribution is 0.420. The molecule has 2 heterocycles. The summed E-state index contributed by atoms with van der Waals surface area (Å²) in [5, 5.41) is 3.35. The van der Waals surface area contributed by atoms with E-state index >= 15 is 0 Å². The van der Waals surface area contributed by atoms with Crippen LogP contribution in [-0.2, 0) is 17.9 Å². The molecule has 0 saturated heterocycles. The Balaban J connectivity index is 0.000000144. The smallest absolute Gasteiger partial charge is 0.178 e. The predicted octanol–water partition coefficient (Wildman–Crippen LogP) is 1.49. The third-order valence-electron chi connectivity index (χ3n) is 1.91. The van der Waals surface area contributed by atoms with Crippen LogP contribution in [0.5, 0.6) is 0 Å². The SMILES string of the molecule is [O-][S+]1NCc2ccccc21.c1cnoc1. The Labute approximate surface area is 90.6 Å². The fraction of sp³-hybridized carbons (Fsp3) is 0.100. The highest BCUT2D eigenvalue weighted by molar-refractivity contribution is 7.89. The van der Waals surface area contributed by atoms with Gasteiger partial charge in [-0.1, -0.05) is 23.4 Å². The van der Waals surface area contributed by atoms with E-state index < -0.39 is 11.4 Å². The van der Waals surface area contributed by atoms with Crippen molar-refractivity contribution in [2.45, 2.75) is 11.4 Å². The Morgan fingerprint density at radius 1 is 1.33 bits per heavy atom. The lowest BCUT2D eigenvalue weighted by atomic mass is 10.2. The molecule has 0 fully saturated rings. The summed E-state index contributed by atoms with van der Waals surface area (Å²) in [6.07, 6.45) is 3.10. The summed E-state index contributed by atoms with van der Waals surface area (Å²) < 4.78 is 18.3. The highest BCUT2D eigenvalue weighted by atomic mass is 32.2. The first kappa shape index (κ1) is 10.2. The molecular weight excluding hydrogens is 212 g/mol. The molecule has 1 N–H and O–H groups in total. The molecule has 0 amide bonds. The second-order valence-corrected chi connectivity index (χ2v) is 4.15. The van der Waals surface area contributed by atoms with Gasteiger partial charge in [0.1, 0.15) is 6.26 Å². The molecule has 1 atom stereocenters. The van der Waals surface area contributed by atoms with Gasteiger partial charge in [-0.2, -0.15) is 0 Å². The molecule has 1 aromatic carbocycles. The largest absolute Gasteiger partial charge is 0.593 e. The maximum atomic E-state index is 11.1. The fourth-order valence-corrected chi connectivity index (χ4v) is 2.25. The first-order valence-corrected chi connectivity index (χ1v) is 5.60. The minimum Gasteiger partial charge on any atom is -0.593 e. The fourth-order valence-electron chi connectivity index (χ4n) is 1.23. The average Bonchev–Trinajstić information content (AvgIpc) is 2.92. The van der Waals surface area contributed by atoms with Crippen LogP contribution in [0.15, 0.2) is 52.2 Å². The van der Waals surface area contributed by atoms with Crippen molar-refractivity contribution >= 4 is 11.4 Å². The van der Waals surface area contributed by atoms with Gasteiger partial charge in [0.2, 0.25) is 0 Å². The van der Waals surface area contributed by atoms with Gasteiger partial charge in [0.05, 0.1) is 24.1 Å². The maximum absolute atomic E-state index is 11.1. The zero-order valence-electron chi connectivity index (χ0n) is 7.92. The molecule has 0 radical (unpaired) electrons. The van der Waals surface area contributed by atoms with Gasteiger partial charge >= 0.3 is 0 Å². The van der Waals surface area contributed by atoms with Gasteiger partial charge in [-0.15, -0.1) is 4.72 Å². The Hall–Kier alpha value is -1.30. The molecule has 0 bridgehead atoms. The number of hydrogen-bond acceptors (Lipinski definition) is 4. The number of rotatable bonds is 0. The van der Waals surface area contributed by atoms with E-state index in [4.69, 9.17) is 0 Å². The van der Waals surface area contributed by atoms with Crippen LogP contribution in [0, 0.1) is 0 Å². The van der Waals surface area contributed by atoms with Crippen molar-refractivity contribution in [3.05, 3.63) is 48.4 Å². The predicted molar refractivity (Wildman–Crippen MR) is 56.2 cm³/mol. The van der Waals surface area contributed by atoms with Crippen molar-refractivity contribution in [3.8, 4) is 0 Å². The number of benzene rings is 1. The van der Waals surface area contributed by atoms with Crippen LogP contribution in [0.3, 0.4) is 0 Å². The summed E-state index contributed by atoms with van der Waals surface area (Å²) >= 11 is -0.948. The average molecular weight is 222 g/mol. The molecular formula is C10H10N2O2S. The van der Waals surface area contributed by atoms with Crippen LogP contribution in [0.4, 0.5) is 0 Å². The maximum Gasteiger partial charge on any atom is 0.178 e. The van der Waals surface area contributed by atoms with E-state index in [-0.39, 0.29) is 0 Å². The second-order valence-electron chi connectivity index (χ2n) is 2.89. The molecule has 1 aliphatic rings. The van der Waals surface area contributed by atoms with Crippen molar-refractivity contribution < 1.29 is 9.08 Å². The van der Waals surface area contributed by atoms with Crippen LogP contribution in [-0.4, -0.2) is 9.71 Å². The van der Waals surface area contributed by atoms with Crippen LogP contribution in [0.25, 0.3) is 0 Å². The van der Waals surface area contributed by atoms with Gasteiger partial charge in [-0.05, 0) is 12.1 Å². The van der Waals surface area contributed by atoms with Gasteiger partial charge in [-0.25, -0.2) is 0 Å². The molecule has 4 nitrogen and oxygen atoms in total. The normalized spacial score (nSPS) is 17.8. The summed E-state index contributed by atoms with van der Waals surface area (Å²) in [7, 11) is 0. The van der Waals surface area contributed by atoms with Gasteiger partial charge in [-0.3, -0.25) is 0 Å². The summed E-state index contributed by atoms with van der Waals surface area (Å²) in [6, 6.07) is 9.48. The molecule has 0 spiro atoms. The Kier molecular flexibility index (Phi) is 3.39. The minimum atomic E-state index is -0.948. The van der Waals surface area contributed by atoms with E-state index in [1.807, 2.05) is 24.3 Å². The quantitative estimate of drug-likeness (QED) is 0.686. The van der Waals surface area contributed by atoms with Crippen LogP contribution in [0.2, 0.25) is 0 Å². The second kappa shape index (κ2) is 4.97. The van der Waals surface area contributed by atoms with Crippen LogP contribution >= 0.6 is 0 Å². The molecule has 0 saturated carbocycles. The Morgan fingerprint density at radius 3 is 2.80 bits per heavy atom. The molecule has 1 aromatic heterocycles. The lowest BCUT2D eigenvalue weighted by Gasteiger charge is -1.99. The van der Waals surface area contributed by atoms with E-state index in [0.717, 1.165) is 17.0 Å². The zero-order chi connectivity index (χ0) is 10.5. The summed E-state index contributed by atoms with van der Waals surface area (Å²) in [6.45, 7) is 0.739. The third kappa shape index (κ3) is 2.59. The molecule has 15 heavy (non-hydrogen) atoms. The van der Waals surface area contributed by atoms with Gasteiger partial charge in [0.15, 0.2) is 4.90 Å².